The Morgan fingerprint density at radius 3 is 2.72 bits per heavy atom. The number of carbonyl (C=O) groups excluding carboxylic acids is 2. The first-order chi connectivity index (χ1) is 15.5. The van der Waals surface area contributed by atoms with Gasteiger partial charge in [0.2, 0.25) is 0 Å². The summed E-state index contributed by atoms with van der Waals surface area (Å²) in [5.74, 6) is -0.418. The zero-order valence-corrected chi connectivity index (χ0v) is 17.1. The Morgan fingerprint density at radius 2 is 2.00 bits per heavy atom. The van der Waals surface area contributed by atoms with Crippen LogP contribution in [0.4, 0.5) is 10.2 Å². The van der Waals surface area contributed by atoms with E-state index in [1.54, 1.807) is 0 Å². The molecule has 3 N–H and O–H groups in total. The summed E-state index contributed by atoms with van der Waals surface area (Å²) in [4.78, 5) is 31.7. The fraction of sp³-hybridized carbons (Fsp3) is 0.136. The number of rotatable bonds is 7. The fourth-order valence-electron chi connectivity index (χ4n) is 3.35. The maximum Gasteiger partial charge on any atom is 0.255 e. The van der Waals surface area contributed by atoms with E-state index in [9.17, 15) is 14.0 Å². The quantitative estimate of drug-likeness (QED) is 0.428. The number of hydrogen-bond acceptors (Lipinski definition) is 7. The Labute approximate surface area is 182 Å². The molecule has 0 unspecified atom stereocenters. The lowest BCUT2D eigenvalue weighted by atomic mass is 10.1. The van der Waals surface area contributed by atoms with Gasteiger partial charge in [-0.2, -0.15) is 5.10 Å². The number of fused-ring (bicyclic) bond motifs is 1. The number of anilines is 1. The largest absolute Gasteiger partial charge is 0.496 e. The molecule has 0 aliphatic rings. The Kier molecular flexibility index (Phi) is 5.75. The van der Waals surface area contributed by atoms with Gasteiger partial charge in [0, 0.05) is 12.1 Å². The molecule has 162 valence electrons. The molecule has 0 aliphatic carbocycles. The maximum atomic E-state index is 13.5. The number of nitrogens with zero attached hydrogens (tertiary/aromatic N) is 4. The molecule has 0 fully saturated rings. The standard InChI is InChI=1S/C22H19FN6O3/c1-32-17-7-6-15(23)10-16(17)22(31)25-11-13-2-4-14(5-3-13)19-18-20(24)26-12-27-21(18)29(28-19)8-9-30/h2-7,9-10,12H,8,11H2,1H3,(H,25,31)(H2,24,26,27). The zero-order valence-electron chi connectivity index (χ0n) is 17.1. The van der Waals surface area contributed by atoms with Crippen LogP contribution in [-0.2, 0) is 17.9 Å². The molecule has 10 heteroatoms. The van der Waals surface area contributed by atoms with Gasteiger partial charge in [-0.3, -0.25) is 4.79 Å². The van der Waals surface area contributed by atoms with E-state index in [1.165, 1.54) is 30.3 Å². The molecular weight excluding hydrogens is 415 g/mol. The average molecular weight is 434 g/mol. The molecule has 2 aromatic carbocycles. The highest BCUT2D eigenvalue weighted by Gasteiger charge is 2.17. The Balaban J connectivity index is 1.55. The molecule has 4 rings (SSSR count). The number of carbonyl (C=O) groups is 2. The summed E-state index contributed by atoms with van der Waals surface area (Å²) in [6.45, 7) is 0.269. The molecule has 9 nitrogen and oxygen atoms in total. The molecule has 32 heavy (non-hydrogen) atoms. The van der Waals surface area contributed by atoms with Gasteiger partial charge < -0.3 is 20.6 Å². The summed E-state index contributed by atoms with van der Waals surface area (Å²) in [6.07, 6.45) is 2.05. The van der Waals surface area contributed by atoms with Crippen LogP contribution in [-0.4, -0.2) is 39.1 Å². The second-order valence-corrected chi connectivity index (χ2v) is 6.88. The highest BCUT2D eigenvalue weighted by atomic mass is 19.1. The minimum atomic E-state index is -0.523. The molecule has 0 radical (unpaired) electrons. The van der Waals surface area contributed by atoms with Gasteiger partial charge in [-0.1, -0.05) is 24.3 Å². The van der Waals surface area contributed by atoms with Crippen molar-refractivity contribution in [2.75, 3.05) is 12.8 Å². The first-order valence-corrected chi connectivity index (χ1v) is 9.63. The van der Waals surface area contributed by atoms with E-state index >= 15 is 0 Å². The van der Waals surface area contributed by atoms with Gasteiger partial charge in [0.1, 0.15) is 35.7 Å². The number of nitrogen functional groups attached to an aromatic ring is 1. The lowest BCUT2D eigenvalue weighted by molar-refractivity contribution is -0.108. The van der Waals surface area contributed by atoms with Gasteiger partial charge in [0.25, 0.3) is 5.91 Å². The number of halogens is 1. The molecule has 2 aromatic heterocycles. The van der Waals surface area contributed by atoms with Gasteiger partial charge in [-0.05, 0) is 23.8 Å². The predicted octanol–water partition coefficient (Wildman–Crippen LogP) is 2.35. The van der Waals surface area contributed by atoms with Gasteiger partial charge in [0.15, 0.2) is 5.65 Å². The summed E-state index contributed by atoms with van der Waals surface area (Å²) < 4.78 is 20.1. The molecular formula is C22H19FN6O3. The second kappa shape index (κ2) is 8.80. The average Bonchev–Trinajstić information content (AvgIpc) is 3.18. The van der Waals surface area contributed by atoms with Crippen LogP contribution in [0.15, 0.2) is 48.8 Å². The number of benzene rings is 2. The van der Waals surface area contributed by atoms with E-state index in [0.717, 1.165) is 23.5 Å². The van der Waals surface area contributed by atoms with Crippen LogP contribution in [0.1, 0.15) is 15.9 Å². The van der Waals surface area contributed by atoms with Gasteiger partial charge >= 0.3 is 0 Å². The highest BCUT2D eigenvalue weighted by Crippen LogP contribution is 2.30. The van der Waals surface area contributed by atoms with Crippen molar-refractivity contribution in [2.24, 2.45) is 0 Å². The third kappa shape index (κ3) is 3.97. The van der Waals surface area contributed by atoms with Crippen molar-refractivity contribution in [1.29, 1.82) is 0 Å². The van der Waals surface area contributed by atoms with Crippen LogP contribution in [0.5, 0.6) is 5.75 Å². The number of nitrogens with one attached hydrogen (secondary N) is 1. The van der Waals surface area contributed by atoms with Crippen LogP contribution < -0.4 is 15.8 Å². The fourth-order valence-corrected chi connectivity index (χ4v) is 3.35. The first-order valence-electron chi connectivity index (χ1n) is 9.63. The Morgan fingerprint density at radius 1 is 1.22 bits per heavy atom. The SMILES string of the molecule is COc1ccc(F)cc1C(=O)NCc1ccc(-c2nn(CC=O)c3ncnc(N)c23)cc1. The molecule has 0 bridgehead atoms. The maximum absolute atomic E-state index is 13.5. The van der Waals surface area contributed by atoms with Crippen molar-refractivity contribution in [3.63, 3.8) is 0 Å². The van der Waals surface area contributed by atoms with Gasteiger partial charge in [-0.15, -0.1) is 0 Å². The number of aldehydes is 1. The minimum Gasteiger partial charge on any atom is -0.496 e. The lowest BCUT2D eigenvalue weighted by Crippen LogP contribution is -2.23. The molecule has 0 saturated heterocycles. The van der Waals surface area contributed by atoms with Crippen LogP contribution in [0.3, 0.4) is 0 Å². The Bertz CT molecular complexity index is 1300. The van der Waals surface area contributed by atoms with E-state index in [2.05, 4.69) is 20.4 Å². The molecule has 0 saturated carbocycles. The number of aromatic nitrogens is 4. The van der Waals surface area contributed by atoms with E-state index in [0.29, 0.717) is 16.7 Å². The topological polar surface area (TPSA) is 125 Å². The van der Waals surface area contributed by atoms with Crippen LogP contribution >= 0.6 is 0 Å². The third-order valence-electron chi connectivity index (χ3n) is 4.89. The number of hydrogen-bond donors (Lipinski definition) is 2. The molecule has 0 atom stereocenters. The minimum absolute atomic E-state index is 0.0423. The summed E-state index contributed by atoms with van der Waals surface area (Å²) in [5, 5.41) is 7.78. The number of methoxy groups -OCH3 is 1. The van der Waals surface area contributed by atoms with Crippen molar-refractivity contribution >= 4 is 29.0 Å². The monoisotopic (exact) mass is 434 g/mol. The van der Waals surface area contributed by atoms with Gasteiger partial charge in [-0.25, -0.2) is 19.0 Å². The second-order valence-electron chi connectivity index (χ2n) is 6.88. The smallest absolute Gasteiger partial charge is 0.255 e. The van der Waals surface area contributed by atoms with Crippen molar-refractivity contribution in [3.05, 3.63) is 65.7 Å². The predicted molar refractivity (Wildman–Crippen MR) is 115 cm³/mol. The van der Waals surface area contributed by atoms with Crippen LogP contribution in [0.25, 0.3) is 22.3 Å². The Hall–Kier alpha value is -4.34. The molecule has 0 aliphatic heterocycles. The van der Waals surface area contributed by atoms with Crippen molar-refractivity contribution < 1.29 is 18.7 Å². The molecule has 0 spiro atoms. The van der Waals surface area contributed by atoms with Crippen LogP contribution in [0, 0.1) is 5.82 Å². The van der Waals surface area contributed by atoms with Crippen molar-refractivity contribution in [3.8, 4) is 17.0 Å². The normalized spacial score (nSPS) is 10.8. The molecule has 4 aromatic rings. The summed E-state index contributed by atoms with van der Waals surface area (Å²) in [7, 11) is 1.42. The van der Waals surface area contributed by atoms with Crippen molar-refractivity contribution in [1.82, 2.24) is 25.1 Å². The van der Waals surface area contributed by atoms with Gasteiger partial charge in [0.05, 0.1) is 24.6 Å². The summed E-state index contributed by atoms with van der Waals surface area (Å²) >= 11 is 0. The first kappa shape index (κ1) is 20.9. The van der Waals surface area contributed by atoms with Crippen molar-refractivity contribution in [2.45, 2.75) is 13.1 Å². The van der Waals surface area contributed by atoms with E-state index in [4.69, 9.17) is 10.5 Å². The summed E-state index contributed by atoms with van der Waals surface area (Å²) in [5.41, 5.74) is 8.74. The molecule has 2 heterocycles. The van der Waals surface area contributed by atoms with E-state index in [-0.39, 0.29) is 30.2 Å². The lowest BCUT2D eigenvalue weighted by Gasteiger charge is -2.10. The molecule has 1 amide bonds. The summed E-state index contributed by atoms with van der Waals surface area (Å²) in [6, 6.07) is 11.1. The van der Waals surface area contributed by atoms with E-state index in [1.807, 2.05) is 24.3 Å². The highest BCUT2D eigenvalue weighted by molar-refractivity contribution is 5.98. The zero-order chi connectivity index (χ0) is 22.7. The van der Waals surface area contributed by atoms with Crippen LogP contribution in [0.2, 0.25) is 0 Å². The third-order valence-corrected chi connectivity index (χ3v) is 4.89. The number of amides is 1. The van der Waals surface area contributed by atoms with E-state index < -0.39 is 11.7 Å². The number of ether oxygens (including phenoxy) is 1. The number of nitrogens with two attached hydrogens (primary N) is 1.